The first-order valence-corrected chi connectivity index (χ1v) is 5.17. The van der Waals surface area contributed by atoms with Crippen LogP contribution in [0, 0.1) is 5.92 Å². The van der Waals surface area contributed by atoms with E-state index < -0.39 is 5.97 Å². The van der Waals surface area contributed by atoms with E-state index in [4.69, 9.17) is 9.52 Å². The van der Waals surface area contributed by atoms with Gasteiger partial charge in [-0.25, -0.2) is 0 Å². The lowest BCUT2D eigenvalue weighted by Crippen LogP contribution is -2.20. The Kier molecular flexibility index (Phi) is 2.90. The summed E-state index contributed by atoms with van der Waals surface area (Å²) >= 11 is 0. The van der Waals surface area contributed by atoms with Crippen LogP contribution in [0.4, 0.5) is 0 Å². The van der Waals surface area contributed by atoms with Crippen LogP contribution in [0.3, 0.4) is 0 Å². The van der Waals surface area contributed by atoms with Gasteiger partial charge in [0.25, 0.3) is 0 Å². The summed E-state index contributed by atoms with van der Waals surface area (Å²) in [6.45, 7) is 0. The molecule has 1 unspecified atom stereocenters. The first kappa shape index (κ1) is 10.7. The molecule has 0 spiro atoms. The summed E-state index contributed by atoms with van der Waals surface area (Å²) in [5.41, 5.74) is 0.858. The number of carboxylic acids is 1. The highest BCUT2D eigenvalue weighted by Gasteiger charge is 2.25. The zero-order valence-corrected chi connectivity index (χ0v) is 8.68. The molecule has 4 heteroatoms. The molecule has 0 saturated carbocycles. The van der Waals surface area contributed by atoms with Crippen molar-refractivity contribution in [1.82, 2.24) is 0 Å². The maximum absolute atomic E-state index is 11.7. The van der Waals surface area contributed by atoms with Crippen LogP contribution in [0.25, 0.3) is 5.57 Å². The lowest BCUT2D eigenvalue weighted by molar-refractivity contribution is -0.140. The standard InChI is InChI=1S/C12H12O4/c13-10-6-9(11-2-1-5-16-11)4-3-8(10)7-12(14)15/h1-2,5-6,8H,3-4,7H2,(H,14,15). The van der Waals surface area contributed by atoms with Gasteiger partial charge in [0, 0.05) is 5.92 Å². The van der Waals surface area contributed by atoms with Gasteiger partial charge >= 0.3 is 5.97 Å². The Morgan fingerprint density at radius 1 is 1.56 bits per heavy atom. The quantitative estimate of drug-likeness (QED) is 0.847. The molecule has 2 rings (SSSR count). The van der Waals surface area contributed by atoms with E-state index in [9.17, 15) is 9.59 Å². The van der Waals surface area contributed by atoms with E-state index in [0.717, 1.165) is 5.57 Å². The Balaban J connectivity index is 2.12. The second kappa shape index (κ2) is 4.35. The van der Waals surface area contributed by atoms with Gasteiger partial charge < -0.3 is 9.52 Å². The molecule has 1 aromatic rings. The number of hydrogen-bond acceptors (Lipinski definition) is 3. The molecule has 1 aliphatic rings. The Labute approximate surface area is 92.6 Å². The third-order valence-corrected chi connectivity index (χ3v) is 2.74. The van der Waals surface area contributed by atoms with Crippen molar-refractivity contribution in [2.45, 2.75) is 19.3 Å². The Morgan fingerprint density at radius 2 is 2.38 bits per heavy atom. The average Bonchev–Trinajstić information content (AvgIpc) is 2.73. The molecule has 1 heterocycles. The van der Waals surface area contributed by atoms with E-state index in [1.165, 1.54) is 6.08 Å². The number of carbonyl (C=O) groups excluding carboxylic acids is 1. The van der Waals surface area contributed by atoms with E-state index in [1.807, 2.05) is 0 Å². The van der Waals surface area contributed by atoms with E-state index in [2.05, 4.69) is 0 Å². The molecule has 0 bridgehead atoms. The molecule has 0 fully saturated rings. The van der Waals surface area contributed by atoms with Crippen LogP contribution in [0.1, 0.15) is 25.0 Å². The van der Waals surface area contributed by atoms with Crippen LogP contribution in [0.15, 0.2) is 28.9 Å². The predicted molar refractivity (Wildman–Crippen MR) is 56.7 cm³/mol. The fourth-order valence-corrected chi connectivity index (χ4v) is 1.90. The van der Waals surface area contributed by atoms with Crippen LogP contribution in [0.5, 0.6) is 0 Å². The molecule has 0 radical (unpaired) electrons. The first-order chi connectivity index (χ1) is 7.66. The van der Waals surface area contributed by atoms with Crippen molar-refractivity contribution in [2.24, 2.45) is 5.92 Å². The lowest BCUT2D eigenvalue weighted by Gasteiger charge is -2.17. The number of allylic oxidation sites excluding steroid dienone is 2. The van der Waals surface area contributed by atoms with Crippen molar-refractivity contribution in [3.63, 3.8) is 0 Å². The molecule has 1 N–H and O–H groups in total. The molecule has 1 atom stereocenters. The van der Waals surface area contributed by atoms with Gasteiger partial charge in [-0.15, -0.1) is 0 Å². The Morgan fingerprint density at radius 3 is 2.94 bits per heavy atom. The molecule has 4 nitrogen and oxygen atoms in total. The van der Waals surface area contributed by atoms with E-state index in [0.29, 0.717) is 18.6 Å². The molecule has 0 aliphatic heterocycles. The van der Waals surface area contributed by atoms with Gasteiger partial charge in [-0.3, -0.25) is 9.59 Å². The summed E-state index contributed by atoms with van der Waals surface area (Å²) in [5.74, 6) is -0.716. The minimum Gasteiger partial charge on any atom is -0.481 e. The van der Waals surface area contributed by atoms with Crippen LogP contribution >= 0.6 is 0 Å². The molecular formula is C12H12O4. The normalized spacial score (nSPS) is 20.6. The summed E-state index contributed by atoms with van der Waals surface area (Å²) in [7, 11) is 0. The van der Waals surface area contributed by atoms with Crippen LogP contribution in [-0.4, -0.2) is 16.9 Å². The van der Waals surface area contributed by atoms with Gasteiger partial charge in [0.15, 0.2) is 5.78 Å². The average molecular weight is 220 g/mol. The maximum Gasteiger partial charge on any atom is 0.304 e. The number of aliphatic carboxylic acids is 1. The SMILES string of the molecule is O=C(O)CC1CCC(c2ccco2)=CC1=O. The number of rotatable bonds is 3. The number of furan rings is 1. The molecule has 0 amide bonds. The molecule has 1 aromatic heterocycles. The highest BCUT2D eigenvalue weighted by Crippen LogP contribution is 2.29. The van der Waals surface area contributed by atoms with Gasteiger partial charge in [0.1, 0.15) is 5.76 Å². The molecule has 16 heavy (non-hydrogen) atoms. The van der Waals surface area contributed by atoms with E-state index in [1.54, 1.807) is 18.4 Å². The van der Waals surface area contributed by atoms with Gasteiger partial charge in [-0.1, -0.05) is 0 Å². The van der Waals surface area contributed by atoms with Gasteiger partial charge in [-0.05, 0) is 36.6 Å². The van der Waals surface area contributed by atoms with Crippen molar-refractivity contribution in [3.05, 3.63) is 30.2 Å². The minimum absolute atomic E-state index is 0.0826. The molecule has 84 valence electrons. The van der Waals surface area contributed by atoms with Crippen molar-refractivity contribution in [1.29, 1.82) is 0 Å². The molecule has 0 aromatic carbocycles. The lowest BCUT2D eigenvalue weighted by atomic mass is 9.85. The largest absolute Gasteiger partial charge is 0.481 e. The number of carbonyl (C=O) groups is 2. The number of carboxylic acid groups (broad SMARTS) is 1. The number of hydrogen-bond donors (Lipinski definition) is 1. The monoisotopic (exact) mass is 220 g/mol. The first-order valence-electron chi connectivity index (χ1n) is 5.17. The van der Waals surface area contributed by atoms with Gasteiger partial charge in [0.05, 0.1) is 12.7 Å². The maximum atomic E-state index is 11.7. The van der Waals surface area contributed by atoms with Crippen molar-refractivity contribution < 1.29 is 19.1 Å². The minimum atomic E-state index is -0.923. The third-order valence-electron chi connectivity index (χ3n) is 2.74. The smallest absolute Gasteiger partial charge is 0.304 e. The van der Waals surface area contributed by atoms with E-state index in [-0.39, 0.29) is 18.1 Å². The van der Waals surface area contributed by atoms with Crippen LogP contribution in [-0.2, 0) is 9.59 Å². The molecular weight excluding hydrogens is 208 g/mol. The second-order valence-corrected chi connectivity index (χ2v) is 3.88. The Bertz CT molecular complexity index is 428. The van der Waals surface area contributed by atoms with Crippen molar-refractivity contribution in [3.8, 4) is 0 Å². The Hall–Kier alpha value is -1.84. The van der Waals surface area contributed by atoms with Crippen LogP contribution < -0.4 is 0 Å². The highest BCUT2D eigenvalue weighted by atomic mass is 16.4. The molecule has 1 aliphatic carbocycles. The summed E-state index contributed by atoms with van der Waals surface area (Å²) in [6, 6.07) is 3.57. The zero-order chi connectivity index (χ0) is 11.5. The summed E-state index contributed by atoms with van der Waals surface area (Å²) in [5, 5.41) is 8.64. The fourth-order valence-electron chi connectivity index (χ4n) is 1.90. The molecule has 0 saturated heterocycles. The van der Waals surface area contributed by atoms with Crippen LogP contribution in [0.2, 0.25) is 0 Å². The number of ketones is 1. The zero-order valence-electron chi connectivity index (χ0n) is 8.68. The fraction of sp³-hybridized carbons (Fsp3) is 0.333. The third kappa shape index (κ3) is 2.21. The van der Waals surface area contributed by atoms with Gasteiger partial charge in [0.2, 0.25) is 0 Å². The highest BCUT2D eigenvalue weighted by molar-refractivity contribution is 6.00. The summed E-state index contributed by atoms with van der Waals surface area (Å²) in [6.07, 6.45) is 4.26. The summed E-state index contributed by atoms with van der Waals surface area (Å²) in [4.78, 5) is 22.2. The second-order valence-electron chi connectivity index (χ2n) is 3.88. The van der Waals surface area contributed by atoms with Gasteiger partial charge in [-0.2, -0.15) is 0 Å². The van der Waals surface area contributed by atoms with Crippen molar-refractivity contribution in [2.75, 3.05) is 0 Å². The summed E-state index contributed by atoms with van der Waals surface area (Å²) < 4.78 is 5.20. The van der Waals surface area contributed by atoms with E-state index >= 15 is 0 Å². The predicted octanol–water partition coefficient (Wildman–Crippen LogP) is 2.12. The topological polar surface area (TPSA) is 67.5 Å². The van der Waals surface area contributed by atoms with Crippen molar-refractivity contribution >= 4 is 17.3 Å².